The molecule has 0 spiro atoms. The maximum Gasteiger partial charge on any atom is -0.00204 e. The summed E-state index contributed by atoms with van der Waals surface area (Å²) in [6, 6.07) is 0. The van der Waals surface area contributed by atoms with Crippen molar-refractivity contribution in [1.29, 1.82) is 0 Å². The Morgan fingerprint density at radius 2 is 2.29 bits per heavy atom. The van der Waals surface area contributed by atoms with E-state index in [1.165, 1.54) is 12.8 Å². The predicted molar refractivity (Wildman–Crippen MR) is 33.1 cm³/mol. The van der Waals surface area contributed by atoms with E-state index in [1.54, 1.807) is 0 Å². The van der Waals surface area contributed by atoms with Gasteiger partial charge in [0.05, 0.1) is 0 Å². The summed E-state index contributed by atoms with van der Waals surface area (Å²) < 4.78 is 0. The highest BCUT2D eigenvalue weighted by molar-refractivity contribution is 4.64. The van der Waals surface area contributed by atoms with Gasteiger partial charge < -0.3 is 5.32 Å². The molecule has 0 fully saturated rings. The highest BCUT2D eigenvalue weighted by Crippen LogP contribution is 1.87. The van der Waals surface area contributed by atoms with Crippen LogP contribution in [-0.2, 0) is 0 Å². The van der Waals surface area contributed by atoms with Gasteiger partial charge in [0.2, 0.25) is 0 Å². The first-order chi connectivity index (χ1) is 3.41. The number of unbranched alkanes of at least 4 members (excludes halogenated alkanes) is 2. The number of hydrogen-bond acceptors (Lipinski definition) is 1. The minimum absolute atomic E-state index is 1.05. The van der Waals surface area contributed by atoms with E-state index in [0.29, 0.717) is 0 Å². The standard InChI is InChI=1S/C6H14N/c1-3-4-5-6-7-2/h5,7H,3-4,6H2,1-2H3. The monoisotopic (exact) mass is 100 g/mol. The molecule has 0 aliphatic rings. The molecule has 0 bridgehead atoms. The normalized spacial score (nSPS) is 9.43. The molecule has 43 valence electrons. The molecule has 0 atom stereocenters. The molecule has 1 nitrogen and oxygen atoms in total. The van der Waals surface area contributed by atoms with Crippen LogP contribution in [0.25, 0.3) is 0 Å². The SMILES string of the molecule is CCC[CH]CNC. The van der Waals surface area contributed by atoms with Gasteiger partial charge in [0.25, 0.3) is 0 Å². The van der Waals surface area contributed by atoms with E-state index >= 15 is 0 Å². The lowest BCUT2D eigenvalue weighted by atomic mass is 10.2. The Labute approximate surface area is 46.1 Å². The van der Waals surface area contributed by atoms with Crippen molar-refractivity contribution in [2.45, 2.75) is 19.8 Å². The Morgan fingerprint density at radius 1 is 1.57 bits per heavy atom. The summed E-state index contributed by atoms with van der Waals surface area (Å²) in [4.78, 5) is 0. The molecule has 0 aliphatic heterocycles. The Balaban J connectivity index is 2.45. The van der Waals surface area contributed by atoms with Gasteiger partial charge in [0, 0.05) is 0 Å². The molecule has 0 aliphatic carbocycles. The predicted octanol–water partition coefficient (Wildman–Crippen LogP) is 1.21. The average molecular weight is 100 g/mol. The second-order valence-corrected chi connectivity index (χ2v) is 1.64. The molecule has 1 radical (unpaired) electrons. The Bertz CT molecular complexity index is 23.4. The van der Waals surface area contributed by atoms with Gasteiger partial charge in [-0.15, -0.1) is 0 Å². The fourth-order valence-electron chi connectivity index (χ4n) is 0.451. The van der Waals surface area contributed by atoms with Crippen LogP contribution >= 0.6 is 0 Å². The summed E-state index contributed by atoms with van der Waals surface area (Å²) in [5.74, 6) is 0. The molecule has 0 saturated heterocycles. The summed E-state index contributed by atoms with van der Waals surface area (Å²) in [6.45, 7) is 3.24. The van der Waals surface area contributed by atoms with Crippen LogP contribution in [0, 0.1) is 6.42 Å². The van der Waals surface area contributed by atoms with Gasteiger partial charge >= 0.3 is 0 Å². The molecule has 0 aromatic rings. The van der Waals surface area contributed by atoms with Gasteiger partial charge in [-0.25, -0.2) is 0 Å². The van der Waals surface area contributed by atoms with Crippen LogP contribution in [0.3, 0.4) is 0 Å². The maximum absolute atomic E-state index is 3.05. The van der Waals surface area contributed by atoms with Gasteiger partial charge in [-0.05, 0) is 26.4 Å². The molecule has 0 heterocycles. The zero-order valence-electron chi connectivity index (χ0n) is 5.20. The quantitative estimate of drug-likeness (QED) is 0.524. The van der Waals surface area contributed by atoms with E-state index in [-0.39, 0.29) is 0 Å². The molecule has 1 heteroatoms. The van der Waals surface area contributed by atoms with Crippen molar-refractivity contribution in [3.8, 4) is 0 Å². The molecule has 0 unspecified atom stereocenters. The Morgan fingerprint density at radius 3 is 2.71 bits per heavy atom. The third-order valence-electron chi connectivity index (χ3n) is 0.841. The zero-order valence-corrected chi connectivity index (χ0v) is 5.20. The highest BCUT2D eigenvalue weighted by atomic mass is 14.8. The third kappa shape index (κ3) is 5.96. The summed E-state index contributed by atoms with van der Waals surface area (Å²) in [5, 5.41) is 3.05. The molecule has 7 heavy (non-hydrogen) atoms. The smallest absolute Gasteiger partial charge is 0.00204 e. The molecule has 0 aromatic carbocycles. The van der Waals surface area contributed by atoms with Crippen LogP contribution in [-0.4, -0.2) is 13.6 Å². The minimum atomic E-state index is 1.05. The largest absolute Gasteiger partial charge is 0.319 e. The molecular formula is C6H14N. The summed E-state index contributed by atoms with van der Waals surface area (Å²) in [7, 11) is 1.96. The first-order valence-corrected chi connectivity index (χ1v) is 2.88. The first kappa shape index (κ1) is 6.96. The zero-order chi connectivity index (χ0) is 5.54. The summed E-state index contributed by atoms with van der Waals surface area (Å²) in [5.41, 5.74) is 0. The molecule has 0 amide bonds. The van der Waals surface area contributed by atoms with Gasteiger partial charge in [0.1, 0.15) is 0 Å². The first-order valence-electron chi connectivity index (χ1n) is 2.88. The Hall–Kier alpha value is -0.0400. The number of nitrogens with one attached hydrogen (secondary N) is 1. The second-order valence-electron chi connectivity index (χ2n) is 1.64. The van der Waals surface area contributed by atoms with Crippen molar-refractivity contribution in [1.82, 2.24) is 5.32 Å². The van der Waals surface area contributed by atoms with Crippen molar-refractivity contribution in [2.75, 3.05) is 13.6 Å². The summed E-state index contributed by atoms with van der Waals surface area (Å²) >= 11 is 0. The number of rotatable bonds is 4. The lowest BCUT2D eigenvalue weighted by Gasteiger charge is -1.92. The topological polar surface area (TPSA) is 12.0 Å². The third-order valence-corrected chi connectivity index (χ3v) is 0.841. The van der Waals surface area contributed by atoms with Crippen molar-refractivity contribution in [3.63, 3.8) is 0 Å². The van der Waals surface area contributed by atoms with Crippen LogP contribution in [0.4, 0.5) is 0 Å². The average Bonchev–Trinajstić information content (AvgIpc) is 1.69. The minimum Gasteiger partial charge on any atom is -0.319 e. The fraction of sp³-hybridized carbons (Fsp3) is 0.833. The van der Waals surface area contributed by atoms with E-state index in [1.807, 2.05) is 7.05 Å². The van der Waals surface area contributed by atoms with Crippen LogP contribution in [0.15, 0.2) is 0 Å². The van der Waals surface area contributed by atoms with Crippen molar-refractivity contribution in [2.24, 2.45) is 0 Å². The maximum atomic E-state index is 3.05. The van der Waals surface area contributed by atoms with Crippen LogP contribution in [0.5, 0.6) is 0 Å². The summed E-state index contributed by atoms with van der Waals surface area (Å²) in [6.07, 6.45) is 4.75. The van der Waals surface area contributed by atoms with E-state index in [9.17, 15) is 0 Å². The van der Waals surface area contributed by atoms with E-state index in [0.717, 1.165) is 6.54 Å². The van der Waals surface area contributed by atoms with E-state index in [2.05, 4.69) is 18.7 Å². The van der Waals surface area contributed by atoms with Crippen molar-refractivity contribution < 1.29 is 0 Å². The van der Waals surface area contributed by atoms with E-state index in [4.69, 9.17) is 0 Å². The Kier molecular flexibility index (Phi) is 5.93. The molecule has 1 N–H and O–H groups in total. The second kappa shape index (κ2) is 5.96. The van der Waals surface area contributed by atoms with E-state index < -0.39 is 0 Å². The lowest BCUT2D eigenvalue weighted by Crippen LogP contribution is -2.07. The van der Waals surface area contributed by atoms with Gasteiger partial charge in [-0.1, -0.05) is 13.3 Å². The van der Waals surface area contributed by atoms with Gasteiger partial charge in [0.15, 0.2) is 0 Å². The fourth-order valence-corrected chi connectivity index (χ4v) is 0.451. The molecule has 0 aromatic heterocycles. The van der Waals surface area contributed by atoms with Crippen LogP contribution < -0.4 is 5.32 Å². The highest BCUT2D eigenvalue weighted by Gasteiger charge is 1.79. The van der Waals surface area contributed by atoms with Crippen LogP contribution in [0.2, 0.25) is 0 Å². The van der Waals surface area contributed by atoms with Gasteiger partial charge in [-0.3, -0.25) is 0 Å². The van der Waals surface area contributed by atoms with Crippen molar-refractivity contribution >= 4 is 0 Å². The number of hydrogen-bond donors (Lipinski definition) is 1. The lowest BCUT2D eigenvalue weighted by molar-refractivity contribution is 0.794. The van der Waals surface area contributed by atoms with Crippen LogP contribution in [0.1, 0.15) is 19.8 Å². The molecular weight excluding hydrogens is 86.1 g/mol. The van der Waals surface area contributed by atoms with Crippen molar-refractivity contribution in [3.05, 3.63) is 6.42 Å². The van der Waals surface area contributed by atoms with Gasteiger partial charge in [-0.2, -0.15) is 0 Å². The molecule has 0 rings (SSSR count). The molecule has 0 saturated carbocycles.